The summed E-state index contributed by atoms with van der Waals surface area (Å²) in [5.41, 5.74) is 8.16. The maximum atomic E-state index is 12.5. The number of amides is 1. The minimum absolute atomic E-state index is 0.0604. The molecule has 2 rings (SSSR count). The Morgan fingerprint density at radius 1 is 1.45 bits per heavy atom. The summed E-state index contributed by atoms with van der Waals surface area (Å²) in [5, 5.41) is 0. The molecule has 4 nitrogen and oxygen atoms in total. The molecule has 1 aromatic carbocycles. The van der Waals surface area contributed by atoms with Gasteiger partial charge in [-0.2, -0.15) is 0 Å². The molecule has 0 spiro atoms. The summed E-state index contributed by atoms with van der Waals surface area (Å²) in [7, 11) is 0. The second-order valence-corrected chi connectivity index (χ2v) is 5.52. The molecule has 0 aliphatic carbocycles. The number of carbonyl (C=O) groups excluding carboxylic acids is 1. The van der Waals surface area contributed by atoms with Crippen LogP contribution in [0.15, 0.2) is 18.2 Å². The van der Waals surface area contributed by atoms with Crippen LogP contribution in [0.25, 0.3) is 0 Å². The second-order valence-electron chi connectivity index (χ2n) is 5.52. The van der Waals surface area contributed by atoms with Gasteiger partial charge < -0.3 is 15.4 Å². The molecular weight excluding hydrogens is 252 g/mol. The first-order chi connectivity index (χ1) is 9.60. The van der Waals surface area contributed by atoms with Crippen LogP contribution in [-0.2, 0) is 4.74 Å². The van der Waals surface area contributed by atoms with Crippen molar-refractivity contribution in [2.45, 2.75) is 39.2 Å². The minimum atomic E-state index is 0.0604. The third-order valence-corrected chi connectivity index (χ3v) is 3.57. The largest absolute Gasteiger partial charge is 0.399 e. The molecule has 0 radical (unpaired) electrons. The monoisotopic (exact) mass is 276 g/mol. The van der Waals surface area contributed by atoms with Gasteiger partial charge in [0.2, 0.25) is 0 Å². The van der Waals surface area contributed by atoms with Crippen LogP contribution < -0.4 is 5.73 Å². The van der Waals surface area contributed by atoms with Gasteiger partial charge in [-0.3, -0.25) is 4.79 Å². The number of ether oxygens (including phenoxy) is 1. The molecule has 0 bridgehead atoms. The number of likely N-dealkylation sites (tertiary alicyclic amines) is 1. The van der Waals surface area contributed by atoms with E-state index in [-0.39, 0.29) is 12.0 Å². The van der Waals surface area contributed by atoms with E-state index in [4.69, 9.17) is 10.5 Å². The second kappa shape index (κ2) is 6.75. The van der Waals surface area contributed by atoms with Crippen molar-refractivity contribution < 1.29 is 9.53 Å². The van der Waals surface area contributed by atoms with Gasteiger partial charge in [-0.1, -0.05) is 6.92 Å². The van der Waals surface area contributed by atoms with Gasteiger partial charge in [0.15, 0.2) is 0 Å². The topological polar surface area (TPSA) is 55.6 Å². The Balaban J connectivity index is 2.04. The number of hydrogen-bond donors (Lipinski definition) is 1. The zero-order valence-electron chi connectivity index (χ0n) is 12.4. The van der Waals surface area contributed by atoms with Crippen molar-refractivity contribution >= 4 is 11.6 Å². The predicted molar refractivity (Wildman–Crippen MR) is 80.8 cm³/mol. The Bertz CT molecular complexity index is 453. The van der Waals surface area contributed by atoms with Crippen LogP contribution in [0.2, 0.25) is 0 Å². The van der Waals surface area contributed by atoms with Crippen LogP contribution in [0.1, 0.15) is 42.1 Å². The summed E-state index contributed by atoms with van der Waals surface area (Å²) >= 11 is 0. The van der Waals surface area contributed by atoms with Gasteiger partial charge >= 0.3 is 0 Å². The lowest BCUT2D eigenvalue weighted by Gasteiger charge is -2.32. The Morgan fingerprint density at radius 2 is 2.25 bits per heavy atom. The lowest BCUT2D eigenvalue weighted by atomic mass is 10.0. The number of piperidine rings is 1. The zero-order chi connectivity index (χ0) is 14.5. The molecule has 1 unspecified atom stereocenters. The van der Waals surface area contributed by atoms with Crippen molar-refractivity contribution in [2.75, 3.05) is 25.4 Å². The molecule has 1 fully saturated rings. The summed E-state index contributed by atoms with van der Waals surface area (Å²) in [6.45, 7) is 6.31. The molecular formula is C16H24N2O2. The van der Waals surface area contributed by atoms with Gasteiger partial charge in [-0.05, 0) is 49.9 Å². The molecule has 0 saturated carbocycles. The summed E-state index contributed by atoms with van der Waals surface area (Å²) < 4.78 is 5.78. The molecule has 1 heterocycles. The number of aryl methyl sites for hydroxylation is 1. The Labute approximate surface area is 120 Å². The standard InChI is InChI=1S/C16H24N2O2/c1-3-7-20-15-5-4-6-18(11-15)16(19)13-8-12(2)9-14(17)10-13/h8-10,15H,3-7,11,17H2,1-2H3. The van der Waals surface area contributed by atoms with Crippen molar-refractivity contribution in [3.05, 3.63) is 29.3 Å². The van der Waals surface area contributed by atoms with Crippen LogP contribution in [0.3, 0.4) is 0 Å². The van der Waals surface area contributed by atoms with E-state index >= 15 is 0 Å². The number of nitrogens with two attached hydrogens (primary N) is 1. The lowest BCUT2D eigenvalue weighted by Crippen LogP contribution is -2.43. The first-order valence-corrected chi connectivity index (χ1v) is 7.38. The highest BCUT2D eigenvalue weighted by molar-refractivity contribution is 5.95. The van der Waals surface area contributed by atoms with Gasteiger partial charge in [-0.25, -0.2) is 0 Å². The SMILES string of the molecule is CCCOC1CCCN(C(=O)c2cc(C)cc(N)c2)C1. The fourth-order valence-corrected chi connectivity index (χ4v) is 2.66. The molecule has 1 aliphatic rings. The van der Waals surface area contributed by atoms with E-state index in [0.29, 0.717) is 17.8 Å². The average Bonchev–Trinajstić information content (AvgIpc) is 2.43. The van der Waals surface area contributed by atoms with E-state index in [9.17, 15) is 4.79 Å². The fourth-order valence-electron chi connectivity index (χ4n) is 2.66. The first kappa shape index (κ1) is 14.9. The summed E-state index contributed by atoms with van der Waals surface area (Å²) in [6.07, 6.45) is 3.23. The molecule has 1 amide bonds. The molecule has 1 atom stereocenters. The molecule has 1 aliphatic heterocycles. The van der Waals surface area contributed by atoms with E-state index in [1.54, 1.807) is 6.07 Å². The number of hydrogen-bond acceptors (Lipinski definition) is 3. The molecule has 2 N–H and O–H groups in total. The maximum Gasteiger partial charge on any atom is 0.254 e. The third kappa shape index (κ3) is 3.73. The van der Waals surface area contributed by atoms with Crippen LogP contribution >= 0.6 is 0 Å². The van der Waals surface area contributed by atoms with Crippen molar-refractivity contribution in [1.29, 1.82) is 0 Å². The van der Waals surface area contributed by atoms with E-state index in [2.05, 4.69) is 6.92 Å². The average molecular weight is 276 g/mol. The number of nitrogens with zero attached hydrogens (tertiary/aromatic N) is 1. The number of carbonyl (C=O) groups is 1. The third-order valence-electron chi connectivity index (χ3n) is 3.57. The lowest BCUT2D eigenvalue weighted by molar-refractivity contribution is 0.00211. The highest BCUT2D eigenvalue weighted by Gasteiger charge is 2.25. The highest BCUT2D eigenvalue weighted by atomic mass is 16.5. The summed E-state index contributed by atoms with van der Waals surface area (Å²) in [4.78, 5) is 14.4. The number of nitrogen functional groups attached to an aromatic ring is 1. The molecule has 110 valence electrons. The van der Waals surface area contributed by atoms with Crippen molar-refractivity contribution in [2.24, 2.45) is 0 Å². The minimum Gasteiger partial charge on any atom is -0.399 e. The van der Waals surface area contributed by atoms with Crippen LogP contribution in [-0.4, -0.2) is 36.6 Å². The molecule has 0 aromatic heterocycles. The van der Waals surface area contributed by atoms with Crippen molar-refractivity contribution in [1.82, 2.24) is 4.90 Å². The normalized spacial score (nSPS) is 19.1. The molecule has 4 heteroatoms. The van der Waals surface area contributed by atoms with Crippen molar-refractivity contribution in [3.63, 3.8) is 0 Å². The van der Waals surface area contributed by atoms with Crippen LogP contribution in [0, 0.1) is 6.92 Å². The number of anilines is 1. The van der Waals surface area contributed by atoms with Gasteiger partial charge in [-0.15, -0.1) is 0 Å². The Hall–Kier alpha value is -1.55. The fraction of sp³-hybridized carbons (Fsp3) is 0.562. The molecule has 20 heavy (non-hydrogen) atoms. The first-order valence-electron chi connectivity index (χ1n) is 7.38. The van der Waals surface area contributed by atoms with Gasteiger partial charge in [0.25, 0.3) is 5.91 Å². The Kier molecular flexibility index (Phi) is 5.01. The van der Waals surface area contributed by atoms with E-state index in [1.807, 2.05) is 24.0 Å². The summed E-state index contributed by atoms with van der Waals surface area (Å²) in [6, 6.07) is 5.53. The summed E-state index contributed by atoms with van der Waals surface area (Å²) in [5.74, 6) is 0.0604. The van der Waals surface area contributed by atoms with Crippen LogP contribution in [0.5, 0.6) is 0 Å². The van der Waals surface area contributed by atoms with E-state index in [0.717, 1.165) is 38.0 Å². The van der Waals surface area contributed by atoms with Crippen molar-refractivity contribution in [3.8, 4) is 0 Å². The van der Waals surface area contributed by atoms with Gasteiger partial charge in [0, 0.05) is 30.9 Å². The Morgan fingerprint density at radius 3 is 2.95 bits per heavy atom. The number of rotatable bonds is 4. The van der Waals surface area contributed by atoms with Crippen LogP contribution in [0.4, 0.5) is 5.69 Å². The predicted octanol–water partition coefficient (Wildman–Crippen LogP) is 2.61. The smallest absolute Gasteiger partial charge is 0.254 e. The van der Waals surface area contributed by atoms with E-state index < -0.39 is 0 Å². The van der Waals surface area contributed by atoms with Gasteiger partial charge in [0.1, 0.15) is 0 Å². The van der Waals surface area contributed by atoms with E-state index in [1.165, 1.54) is 0 Å². The zero-order valence-corrected chi connectivity index (χ0v) is 12.4. The van der Waals surface area contributed by atoms with Gasteiger partial charge in [0.05, 0.1) is 6.10 Å². The molecule has 1 saturated heterocycles. The quantitative estimate of drug-likeness (QED) is 0.860. The maximum absolute atomic E-state index is 12.5. The molecule has 1 aromatic rings. The number of benzene rings is 1. The highest BCUT2D eigenvalue weighted by Crippen LogP contribution is 2.18.